The summed E-state index contributed by atoms with van der Waals surface area (Å²) in [5.74, 6) is -4.86. The summed E-state index contributed by atoms with van der Waals surface area (Å²) in [6.45, 7) is 10.9. The van der Waals surface area contributed by atoms with E-state index in [1.165, 1.54) is 24.3 Å². The number of carbonyl (C=O) groups is 6. The Morgan fingerprint density at radius 1 is 0.635 bits per heavy atom. The van der Waals surface area contributed by atoms with Gasteiger partial charge < -0.3 is 42.4 Å². The Hall–Kier alpha value is -6.26. The molecule has 18 heteroatoms. The predicted octanol–water partition coefficient (Wildman–Crippen LogP) is 8.32. The summed E-state index contributed by atoms with van der Waals surface area (Å²) in [7, 11) is 0. The summed E-state index contributed by atoms with van der Waals surface area (Å²) in [5.41, 5.74) is 15.9. The fourth-order valence-corrected chi connectivity index (χ4v) is 5.76. The first-order valence-electron chi connectivity index (χ1n) is 19.3. The van der Waals surface area contributed by atoms with Crippen LogP contribution >= 0.6 is 23.2 Å². The van der Waals surface area contributed by atoms with Crippen molar-refractivity contribution in [3.63, 3.8) is 0 Å². The van der Waals surface area contributed by atoms with Crippen LogP contribution in [0.4, 0.5) is 24.1 Å². The fraction of sp³-hybridized carbons (Fsp3) is 0.333. The number of rotatable bonds is 14. The van der Waals surface area contributed by atoms with Crippen molar-refractivity contribution in [2.75, 3.05) is 18.8 Å². The number of nitrogens with one attached hydrogen (secondary N) is 2. The van der Waals surface area contributed by atoms with Crippen molar-refractivity contribution in [2.45, 2.75) is 83.8 Å². The van der Waals surface area contributed by atoms with Crippen LogP contribution in [0, 0.1) is 11.6 Å². The van der Waals surface area contributed by atoms with Crippen LogP contribution in [0.15, 0.2) is 84.9 Å². The van der Waals surface area contributed by atoms with Crippen molar-refractivity contribution in [1.82, 2.24) is 10.6 Å². The normalized spacial score (nSPS) is 11.8. The highest BCUT2D eigenvalue weighted by atomic mass is 35.5. The molecule has 4 aromatic carbocycles. The quantitative estimate of drug-likeness (QED) is 0.0661. The Balaban J connectivity index is 0.000000365. The summed E-state index contributed by atoms with van der Waals surface area (Å²) in [4.78, 5) is 68.9. The number of carboxylic acid groups (broad SMARTS) is 1. The van der Waals surface area contributed by atoms with E-state index in [0.29, 0.717) is 15.6 Å². The third-order valence-electron chi connectivity index (χ3n) is 8.32. The number of halogens is 4. The van der Waals surface area contributed by atoms with Gasteiger partial charge in [0.1, 0.15) is 28.6 Å². The van der Waals surface area contributed by atoms with Crippen LogP contribution in [-0.4, -0.2) is 65.2 Å². The van der Waals surface area contributed by atoms with Gasteiger partial charge in [-0.15, -0.1) is 0 Å². The van der Waals surface area contributed by atoms with E-state index in [9.17, 15) is 37.5 Å². The molecule has 9 N–H and O–H groups in total. The van der Waals surface area contributed by atoms with Crippen LogP contribution in [0.2, 0.25) is 10.0 Å². The largest absolute Gasteiger partial charge is 0.481 e. The van der Waals surface area contributed by atoms with Crippen LogP contribution in [0.1, 0.15) is 104 Å². The molecule has 0 saturated heterocycles. The predicted molar refractivity (Wildman–Crippen MR) is 237 cm³/mol. The first-order valence-corrected chi connectivity index (χ1v) is 20.1. The molecule has 4 amide bonds. The lowest BCUT2D eigenvalue weighted by Gasteiger charge is -2.22. The van der Waals surface area contributed by atoms with E-state index < -0.39 is 52.8 Å². The molecular weight excluding hydrogens is 863 g/mol. The van der Waals surface area contributed by atoms with Gasteiger partial charge in [-0.2, -0.15) is 0 Å². The summed E-state index contributed by atoms with van der Waals surface area (Å²) >= 11 is 11.8. The monoisotopic (exact) mass is 915 g/mol. The van der Waals surface area contributed by atoms with E-state index in [0.717, 1.165) is 23.3 Å². The number of carboxylic acids is 1. The van der Waals surface area contributed by atoms with Crippen molar-refractivity contribution in [1.29, 1.82) is 0 Å². The van der Waals surface area contributed by atoms with E-state index in [4.69, 9.17) is 55.0 Å². The highest BCUT2D eigenvalue weighted by Crippen LogP contribution is 2.24. The zero-order valence-electron chi connectivity index (χ0n) is 35.7. The summed E-state index contributed by atoms with van der Waals surface area (Å²) in [6.07, 6.45) is -1.14. The molecule has 63 heavy (non-hydrogen) atoms. The number of benzene rings is 4. The van der Waals surface area contributed by atoms with Crippen LogP contribution in [0.3, 0.4) is 0 Å². The highest BCUT2D eigenvalue weighted by Gasteiger charge is 2.22. The highest BCUT2D eigenvalue weighted by molar-refractivity contribution is 6.30. The maximum absolute atomic E-state index is 14.0. The lowest BCUT2D eigenvalue weighted by molar-refractivity contribution is -0.137. The minimum atomic E-state index is -0.930. The van der Waals surface area contributed by atoms with Gasteiger partial charge in [-0.3, -0.25) is 19.2 Å². The molecule has 2 unspecified atom stereocenters. The second kappa shape index (κ2) is 24.4. The molecule has 0 saturated carbocycles. The van der Waals surface area contributed by atoms with E-state index in [2.05, 4.69) is 10.6 Å². The Morgan fingerprint density at radius 3 is 1.40 bits per heavy atom. The molecule has 0 aliphatic rings. The number of hydrogen-bond donors (Lipinski definition) is 6. The first-order chi connectivity index (χ1) is 29.2. The van der Waals surface area contributed by atoms with Crippen molar-refractivity contribution < 1.29 is 52.1 Å². The number of hydrogen-bond acceptors (Lipinski definition) is 9. The number of primary amides is 2. The minimum absolute atomic E-state index is 0.0213. The molecule has 4 rings (SSSR count). The van der Waals surface area contributed by atoms with Crippen molar-refractivity contribution >= 4 is 64.6 Å². The van der Waals surface area contributed by atoms with Crippen molar-refractivity contribution in [2.24, 2.45) is 11.5 Å². The van der Waals surface area contributed by atoms with Crippen LogP contribution in [-0.2, 0) is 25.5 Å². The number of ketones is 1. The van der Waals surface area contributed by atoms with Gasteiger partial charge in [0.2, 0.25) is 0 Å². The average Bonchev–Trinajstić information content (AvgIpc) is 3.14. The first kappa shape index (κ1) is 52.9. The molecule has 4 aromatic rings. The zero-order chi connectivity index (χ0) is 47.7. The molecule has 0 bridgehead atoms. The lowest BCUT2D eigenvalue weighted by Crippen LogP contribution is -2.35. The SMILES string of the molecule is CC(C)(C)OC(=O)NCC(CC(=O)Cc1ccc(C(N)=O)c(F)c1)c1ccc(Cl)cc1.CC(C)(C)OC(=O)NCC(CC(=O)O)c1ccc(Cl)cc1.NC(=O)c1ccc(N)cc1F. The third kappa shape index (κ3) is 20.9. The minimum Gasteiger partial charge on any atom is -0.481 e. The van der Waals surface area contributed by atoms with E-state index >= 15 is 0 Å². The second-order valence-corrected chi connectivity index (χ2v) is 16.9. The van der Waals surface area contributed by atoms with E-state index in [1.54, 1.807) is 90.1 Å². The number of nitrogen functional groups attached to an aromatic ring is 1. The lowest BCUT2D eigenvalue weighted by atomic mass is 9.91. The average molecular weight is 917 g/mol. The molecule has 0 heterocycles. The Labute approximate surface area is 374 Å². The number of anilines is 1. The molecule has 340 valence electrons. The molecule has 2 atom stereocenters. The van der Waals surface area contributed by atoms with Gasteiger partial charge in [0.15, 0.2) is 0 Å². The van der Waals surface area contributed by atoms with Crippen molar-refractivity contribution in [3.8, 4) is 0 Å². The van der Waals surface area contributed by atoms with Crippen LogP contribution in [0.25, 0.3) is 0 Å². The topological polar surface area (TPSA) is 243 Å². The Kier molecular flexibility index (Phi) is 20.5. The Morgan fingerprint density at radius 2 is 1.03 bits per heavy atom. The number of amides is 4. The molecule has 0 aliphatic heterocycles. The van der Waals surface area contributed by atoms with Crippen molar-refractivity contribution in [3.05, 3.63) is 134 Å². The Bertz CT molecular complexity index is 2210. The third-order valence-corrected chi connectivity index (χ3v) is 8.82. The summed E-state index contributed by atoms with van der Waals surface area (Å²) in [5, 5.41) is 15.4. The standard InChI is InChI=1S/C23H26ClFN2O4.C15H20ClNO4.C7H7FN2O/c1-23(2,3)31-22(30)27-13-16(15-5-7-17(24)8-6-15)12-18(28)10-14-4-9-19(21(26)29)20(25)11-14;1-15(2,3)21-14(20)17-9-11(8-13(18)19)10-4-6-12(16)7-5-10;8-6-3-4(9)1-2-5(6)7(10)11/h4-9,11,16H,10,12-13H2,1-3H3,(H2,26,29)(H,27,30);4-7,11H,8-9H2,1-3H3,(H,17,20)(H,18,19);1-3H,9H2,(H2,10,11). The number of alkyl carbamates (subject to hydrolysis) is 2. The number of Topliss-reactive ketones (excluding diaryl/α,β-unsaturated/α-hetero) is 1. The molecule has 0 aliphatic carbocycles. The van der Waals surface area contributed by atoms with Gasteiger partial charge >= 0.3 is 18.2 Å². The van der Waals surface area contributed by atoms with Gasteiger partial charge in [0.25, 0.3) is 11.8 Å². The van der Waals surface area contributed by atoms with E-state index in [-0.39, 0.29) is 66.8 Å². The molecule has 0 fully saturated rings. The zero-order valence-corrected chi connectivity index (χ0v) is 37.2. The smallest absolute Gasteiger partial charge is 0.407 e. The second-order valence-electron chi connectivity index (χ2n) is 16.1. The molecule has 0 radical (unpaired) electrons. The van der Waals surface area contributed by atoms with Gasteiger partial charge in [0.05, 0.1) is 17.5 Å². The van der Waals surface area contributed by atoms with Gasteiger partial charge in [0, 0.05) is 53.5 Å². The molecular formula is C45H53Cl2F2N5O9. The van der Waals surface area contributed by atoms with E-state index in [1.807, 2.05) is 0 Å². The number of carbonyl (C=O) groups excluding carboxylic acids is 5. The summed E-state index contributed by atoms with van der Waals surface area (Å²) < 4.78 is 37.1. The summed E-state index contributed by atoms with van der Waals surface area (Å²) in [6, 6.07) is 21.5. The molecule has 0 aromatic heterocycles. The maximum Gasteiger partial charge on any atom is 0.407 e. The number of aliphatic carboxylic acids is 1. The van der Waals surface area contributed by atoms with Crippen LogP contribution < -0.4 is 27.8 Å². The number of ether oxygens (including phenoxy) is 2. The fourth-order valence-electron chi connectivity index (χ4n) is 5.51. The van der Waals surface area contributed by atoms with Gasteiger partial charge in [-0.1, -0.05) is 53.5 Å². The molecule has 0 spiro atoms. The van der Waals surface area contributed by atoms with Gasteiger partial charge in [-0.05, 0) is 113 Å². The molecule has 14 nitrogen and oxygen atoms in total. The van der Waals surface area contributed by atoms with Gasteiger partial charge in [-0.25, -0.2) is 18.4 Å². The number of nitrogens with two attached hydrogens (primary N) is 3. The maximum atomic E-state index is 14.0. The van der Waals surface area contributed by atoms with Crippen LogP contribution in [0.5, 0.6) is 0 Å².